The Kier molecular flexibility index (Phi) is 4.81. The van der Waals surface area contributed by atoms with Crippen LogP contribution >= 0.6 is 11.3 Å². The smallest absolute Gasteiger partial charge is 0.224 e. The third-order valence-corrected chi connectivity index (χ3v) is 5.78. The zero-order chi connectivity index (χ0) is 14.6. The molecule has 0 saturated carbocycles. The van der Waals surface area contributed by atoms with Crippen molar-refractivity contribution in [1.82, 2.24) is 5.32 Å². The molecule has 0 aromatic carbocycles. The van der Waals surface area contributed by atoms with Gasteiger partial charge in [0.05, 0.1) is 35.4 Å². The summed E-state index contributed by atoms with van der Waals surface area (Å²) in [6.07, 6.45) is 0.422. The second-order valence-corrected chi connectivity index (χ2v) is 7.99. The van der Waals surface area contributed by atoms with Crippen LogP contribution in [-0.2, 0) is 21.2 Å². The first-order chi connectivity index (χ1) is 9.50. The fourth-order valence-electron chi connectivity index (χ4n) is 2.00. The number of hydrogen-bond donors (Lipinski definition) is 2. The molecule has 0 aliphatic carbocycles. The molecule has 2 heterocycles. The topological polar surface area (TPSA) is 89.3 Å². The van der Waals surface area contributed by atoms with Gasteiger partial charge in [0.25, 0.3) is 0 Å². The van der Waals surface area contributed by atoms with Crippen molar-refractivity contribution in [2.24, 2.45) is 11.7 Å². The van der Waals surface area contributed by atoms with E-state index in [2.05, 4.69) is 17.2 Å². The van der Waals surface area contributed by atoms with E-state index < -0.39 is 15.8 Å². The maximum Gasteiger partial charge on any atom is 0.224 e. The molecule has 7 heteroatoms. The first kappa shape index (κ1) is 15.0. The van der Waals surface area contributed by atoms with Crippen LogP contribution in [0.5, 0.6) is 0 Å². The molecule has 1 unspecified atom stereocenters. The summed E-state index contributed by atoms with van der Waals surface area (Å²) in [6, 6.07) is 3.78. The van der Waals surface area contributed by atoms with Gasteiger partial charge < -0.3 is 11.1 Å². The van der Waals surface area contributed by atoms with Gasteiger partial charge in [-0.2, -0.15) is 0 Å². The molecular formula is C13H16N2O3S2. The standard InChI is InChI=1S/C13H16N2O3S2/c14-6-1-2-11-3-4-12(19-11)8-15-13(16)10-5-7-20(17,18)9-10/h3-4,10H,5-9,14H2,(H,15,16). The Labute approximate surface area is 122 Å². The highest BCUT2D eigenvalue weighted by Crippen LogP contribution is 2.19. The van der Waals surface area contributed by atoms with E-state index >= 15 is 0 Å². The molecule has 0 bridgehead atoms. The van der Waals surface area contributed by atoms with E-state index in [1.165, 1.54) is 11.3 Å². The zero-order valence-electron chi connectivity index (χ0n) is 10.9. The van der Waals surface area contributed by atoms with Crippen LogP contribution in [0.3, 0.4) is 0 Å². The molecule has 1 aliphatic heterocycles. The van der Waals surface area contributed by atoms with Gasteiger partial charge in [-0.1, -0.05) is 11.8 Å². The highest BCUT2D eigenvalue weighted by Gasteiger charge is 2.32. The molecule has 1 saturated heterocycles. The van der Waals surface area contributed by atoms with Gasteiger partial charge in [-0.15, -0.1) is 11.3 Å². The summed E-state index contributed by atoms with van der Waals surface area (Å²) in [5, 5.41) is 2.78. The largest absolute Gasteiger partial charge is 0.351 e. The number of carbonyl (C=O) groups is 1. The first-order valence-electron chi connectivity index (χ1n) is 6.26. The Bertz CT molecular complexity index is 653. The van der Waals surface area contributed by atoms with Gasteiger partial charge in [0.1, 0.15) is 0 Å². The first-order valence-corrected chi connectivity index (χ1v) is 8.90. The van der Waals surface area contributed by atoms with Crippen molar-refractivity contribution in [2.45, 2.75) is 13.0 Å². The molecule has 108 valence electrons. The van der Waals surface area contributed by atoms with Crippen LogP contribution in [-0.4, -0.2) is 32.4 Å². The quantitative estimate of drug-likeness (QED) is 0.775. The van der Waals surface area contributed by atoms with Crippen LogP contribution in [0.4, 0.5) is 0 Å². The number of thiophene rings is 1. The van der Waals surface area contributed by atoms with Gasteiger partial charge in [-0.3, -0.25) is 4.79 Å². The SMILES string of the molecule is NCC#Cc1ccc(CNC(=O)C2CCS(=O)(=O)C2)s1. The molecule has 1 aliphatic rings. The van der Waals surface area contributed by atoms with Crippen LogP contribution in [0, 0.1) is 17.8 Å². The van der Waals surface area contributed by atoms with Crippen LogP contribution in [0.2, 0.25) is 0 Å². The maximum absolute atomic E-state index is 11.9. The number of sulfone groups is 1. The molecule has 0 radical (unpaired) electrons. The lowest BCUT2D eigenvalue weighted by molar-refractivity contribution is -0.124. The van der Waals surface area contributed by atoms with E-state index in [0.717, 1.165) is 9.75 Å². The van der Waals surface area contributed by atoms with Gasteiger partial charge >= 0.3 is 0 Å². The molecule has 0 spiro atoms. The molecule has 1 amide bonds. The summed E-state index contributed by atoms with van der Waals surface area (Å²) >= 11 is 1.50. The second-order valence-electron chi connectivity index (χ2n) is 4.59. The Hall–Kier alpha value is -1.36. The van der Waals surface area contributed by atoms with Crippen molar-refractivity contribution in [2.75, 3.05) is 18.1 Å². The third kappa shape index (κ3) is 4.07. The Balaban J connectivity index is 1.86. The number of hydrogen-bond acceptors (Lipinski definition) is 5. The van der Waals surface area contributed by atoms with Crippen molar-refractivity contribution in [3.63, 3.8) is 0 Å². The van der Waals surface area contributed by atoms with Gasteiger partial charge in [0.2, 0.25) is 5.91 Å². The minimum absolute atomic E-state index is 0.0313. The maximum atomic E-state index is 11.9. The zero-order valence-corrected chi connectivity index (χ0v) is 12.5. The van der Waals surface area contributed by atoms with Crippen molar-refractivity contribution in [1.29, 1.82) is 0 Å². The van der Waals surface area contributed by atoms with E-state index in [0.29, 0.717) is 19.5 Å². The van der Waals surface area contributed by atoms with Crippen molar-refractivity contribution in [3.05, 3.63) is 21.9 Å². The van der Waals surface area contributed by atoms with Crippen LogP contribution in [0.25, 0.3) is 0 Å². The van der Waals surface area contributed by atoms with E-state index in [1.807, 2.05) is 12.1 Å². The molecule has 20 heavy (non-hydrogen) atoms. The second kappa shape index (κ2) is 6.39. The molecular weight excluding hydrogens is 296 g/mol. The Morgan fingerprint density at radius 3 is 2.95 bits per heavy atom. The van der Waals surface area contributed by atoms with E-state index in [-0.39, 0.29) is 17.4 Å². The number of carbonyl (C=O) groups excluding carboxylic acids is 1. The number of rotatable bonds is 3. The summed E-state index contributed by atoms with van der Waals surface area (Å²) < 4.78 is 22.6. The normalized spacial score (nSPS) is 20.1. The molecule has 5 nitrogen and oxygen atoms in total. The summed E-state index contributed by atoms with van der Waals surface area (Å²) in [5.41, 5.74) is 5.30. The Morgan fingerprint density at radius 2 is 2.30 bits per heavy atom. The highest BCUT2D eigenvalue weighted by molar-refractivity contribution is 7.91. The van der Waals surface area contributed by atoms with E-state index in [1.54, 1.807) is 0 Å². The summed E-state index contributed by atoms with van der Waals surface area (Å²) in [4.78, 5) is 13.8. The average Bonchev–Trinajstić information content (AvgIpc) is 3.00. The number of nitrogens with two attached hydrogens (primary N) is 1. The fraction of sp³-hybridized carbons (Fsp3) is 0.462. The molecule has 1 fully saturated rings. The lowest BCUT2D eigenvalue weighted by Gasteiger charge is -2.07. The lowest BCUT2D eigenvalue weighted by atomic mass is 10.1. The van der Waals surface area contributed by atoms with Gasteiger partial charge in [-0.05, 0) is 18.6 Å². The summed E-state index contributed by atoms with van der Waals surface area (Å²) in [7, 11) is -3.02. The minimum Gasteiger partial charge on any atom is -0.351 e. The fourth-order valence-corrected chi connectivity index (χ4v) is 4.56. The third-order valence-electron chi connectivity index (χ3n) is 3.02. The van der Waals surface area contributed by atoms with E-state index in [9.17, 15) is 13.2 Å². The number of nitrogens with one attached hydrogen (secondary N) is 1. The van der Waals surface area contributed by atoms with Crippen LogP contribution in [0.1, 0.15) is 16.2 Å². The van der Waals surface area contributed by atoms with Crippen LogP contribution < -0.4 is 11.1 Å². The predicted octanol–water partition coefficient (Wildman–Crippen LogP) is 0.109. The minimum atomic E-state index is -3.02. The molecule has 3 N–H and O–H groups in total. The van der Waals surface area contributed by atoms with Gasteiger partial charge in [-0.25, -0.2) is 8.42 Å². The van der Waals surface area contributed by atoms with Crippen molar-refractivity contribution < 1.29 is 13.2 Å². The van der Waals surface area contributed by atoms with E-state index in [4.69, 9.17) is 5.73 Å². The summed E-state index contributed by atoms with van der Waals surface area (Å²) in [5.74, 6) is 5.19. The van der Waals surface area contributed by atoms with Crippen molar-refractivity contribution in [3.8, 4) is 11.8 Å². The molecule has 1 aromatic heterocycles. The highest BCUT2D eigenvalue weighted by atomic mass is 32.2. The monoisotopic (exact) mass is 312 g/mol. The van der Waals surface area contributed by atoms with Gasteiger partial charge in [0, 0.05) is 4.88 Å². The molecule has 1 atom stereocenters. The molecule has 1 aromatic rings. The molecule has 2 rings (SSSR count). The predicted molar refractivity (Wildman–Crippen MR) is 78.9 cm³/mol. The van der Waals surface area contributed by atoms with Gasteiger partial charge in [0.15, 0.2) is 9.84 Å². The van der Waals surface area contributed by atoms with Crippen LogP contribution in [0.15, 0.2) is 12.1 Å². The van der Waals surface area contributed by atoms with Crippen molar-refractivity contribution >= 4 is 27.1 Å². The Morgan fingerprint density at radius 1 is 1.50 bits per heavy atom. The lowest BCUT2D eigenvalue weighted by Crippen LogP contribution is -2.30. The summed E-state index contributed by atoms with van der Waals surface area (Å²) in [6.45, 7) is 0.727. The average molecular weight is 312 g/mol. The number of amides is 1.